The molecule has 0 radical (unpaired) electrons. The third kappa shape index (κ3) is 11.3. The van der Waals surface area contributed by atoms with Crippen molar-refractivity contribution < 1.29 is 0 Å². The van der Waals surface area contributed by atoms with Crippen LogP contribution in [-0.2, 0) is 0 Å². The molecule has 0 bridgehead atoms. The first-order valence-corrected chi connectivity index (χ1v) is 14.9. The van der Waals surface area contributed by atoms with Crippen LogP contribution < -0.4 is 0 Å². The summed E-state index contributed by atoms with van der Waals surface area (Å²) in [5, 5.41) is 9.25. The molecule has 42 heavy (non-hydrogen) atoms. The topological polar surface area (TPSA) is 77.3 Å². The number of hydrogen-bond acceptors (Lipinski definition) is 6. The van der Waals surface area contributed by atoms with Crippen molar-refractivity contribution >= 4 is 33.0 Å². The number of pyridine rings is 2. The Morgan fingerprint density at radius 1 is 0.381 bits per heavy atom. The van der Waals surface area contributed by atoms with Gasteiger partial charge in [-0.25, -0.2) is 4.98 Å². The van der Waals surface area contributed by atoms with Crippen LogP contribution in [0, 0.1) is 41.5 Å². The first kappa shape index (κ1) is 35.7. The third-order valence-electron chi connectivity index (χ3n) is 5.49. The molecule has 6 aromatic rings. The monoisotopic (exact) mass is 564 g/mol. The van der Waals surface area contributed by atoms with Gasteiger partial charge in [-0.05, 0) is 100 Å². The molecule has 222 valence electrons. The SMILES string of the molecule is CC.CC.CC.Cc1ccc2cc(C)nnc2c1.Cc1ccc2nc(C)cnc2c1.Cc1cnc2cc(C)cnc2c1. The van der Waals surface area contributed by atoms with Crippen molar-refractivity contribution in [1.82, 2.24) is 30.1 Å². The summed E-state index contributed by atoms with van der Waals surface area (Å²) in [7, 11) is 0. The Hall–Kier alpha value is -4.32. The lowest BCUT2D eigenvalue weighted by atomic mass is 10.1. The van der Waals surface area contributed by atoms with E-state index in [-0.39, 0.29) is 0 Å². The quantitative estimate of drug-likeness (QED) is 0.183. The number of nitrogens with zero attached hydrogens (tertiary/aromatic N) is 6. The zero-order valence-corrected chi connectivity index (χ0v) is 27.6. The minimum atomic E-state index is 0.964. The van der Waals surface area contributed by atoms with Crippen LogP contribution in [0.25, 0.3) is 33.0 Å². The molecular weight excluding hydrogens is 516 g/mol. The van der Waals surface area contributed by atoms with E-state index in [1.54, 1.807) is 6.20 Å². The van der Waals surface area contributed by atoms with E-state index < -0.39 is 0 Å². The summed E-state index contributed by atoms with van der Waals surface area (Å²) < 4.78 is 0. The Morgan fingerprint density at radius 3 is 1.40 bits per heavy atom. The fraction of sp³-hybridized carbons (Fsp3) is 0.333. The van der Waals surface area contributed by atoms with Gasteiger partial charge in [0.1, 0.15) is 0 Å². The summed E-state index contributed by atoms with van der Waals surface area (Å²) in [6.45, 7) is 24.1. The molecule has 0 aliphatic heterocycles. The number of hydrogen-bond donors (Lipinski definition) is 0. The Kier molecular flexibility index (Phi) is 16.1. The van der Waals surface area contributed by atoms with Crippen LogP contribution >= 0.6 is 0 Å². The predicted octanol–water partition coefficient (Wildman–Crippen LogP) is 9.82. The number of aryl methyl sites for hydroxylation is 6. The second-order valence-electron chi connectivity index (χ2n) is 9.12. The van der Waals surface area contributed by atoms with Crippen LogP contribution in [-0.4, -0.2) is 30.1 Å². The van der Waals surface area contributed by atoms with E-state index in [4.69, 9.17) is 0 Å². The Morgan fingerprint density at radius 2 is 0.833 bits per heavy atom. The van der Waals surface area contributed by atoms with Crippen LogP contribution in [0.4, 0.5) is 0 Å². The third-order valence-corrected chi connectivity index (χ3v) is 5.49. The summed E-state index contributed by atoms with van der Waals surface area (Å²) in [6, 6.07) is 18.4. The molecule has 4 aromatic heterocycles. The highest BCUT2D eigenvalue weighted by Gasteiger charge is 1.97. The zero-order valence-electron chi connectivity index (χ0n) is 27.6. The molecule has 4 heterocycles. The van der Waals surface area contributed by atoms with Crippen molar-refractivity contribution in [2.45, 2.75) is 83.1 Å². The molecule has 6 nitrogen and oxygen atoms in total. The molecule has 0 saturated carbocycles. The van der Waals surface area contributed by atoms with Gasteiger partial charge in [0.2, 0.25) is 0 Å². The van der Waals surface area contributed by atoms with Crippen molar-refractivity contribution in [3.8, 4) is 0 Å². The van der Waals surface area contributed by atoms with Crippen molar-refractivity contribution in [1.29, 1.82) is 0 Å². The number of rotatable bonds is 0. The first-order chi connectivity index (χ1) is 20.3. The van der Waals surface area contributed by atoms with Crippen LogP contribution in [0.3, 0.4) is 0 Å². The smallest absolute Gasteiger partial charge is 0.0932 e. The highest BCUT2D eigenvalue weighted by molar-refractivity contribution is 5.79. The predicted molar refractivity (Wildman–Crippen MR) is 181 cm³/mol. The summed E-state index contributed by atoms with van der Waals surface area (Å²) in [5.41, 5.74) is 11.5. The molecular formula is C36H48N6. The average molecular weight is 565 g/mol. The fourth-order valence-electron chi connectivity index (χ4n) is 3.67. The molecule has 0 atom stereocenters. The largest absolute Gasteiger partial charge is 0.254 e. The second kappa shape index (κ2) is 18.9. The van der Waals surface area contributed by atoms with Crippen LogP contribution in [0.2, 0.25) is 0 Å². The zero-order chi connectivity index (χ0) is 31.7. The van der Waals surface area contributed by atoms with Gasteiger partial charge in [0.25, 0.3) is 0 Å². The number of benzene rings is 2. The molecule has 0 saturated heterocycles. The van der Waals surface area contributed by atoms with Crippen molar-refractivity contribution in [3.63, 3.8) is 0 Å². The molecule has 0 amide bonds. The van der Waals surface area contributed by atoms with Crippen molar-refractivity contribution in [2.24, 2.45) is 0 Å². The van der Waals surface area contributed by atoms with Gasteiger partial charge in [-0.2, -0.15) is 10.2 Å². The highest BCUT2D eigenvalue weighted by atomic mass is 15.1. The maximum Gasteiger partial charge on any atom is 0.0932 e. The fourth-order valence-corrected chi connectivity index (χ4v) is 3.67. The van der Waals surface area contributed by atoms with E-state index in [1.165, 1.54) is 11.1 Å². The van der Waals surface area contributed by atoms with Gasteiger partial charge in [-0.15, -0.1) is 0 Å². The Bertz CT molecular complexity index is 1340. The van der Waals surface area contributed by atoms with E-state index in [1.807, 2.05) is 118 Å². The minimum Gasteiger partial charge on any atom is -0.254 e. The molecule has 0 N–H and O–H groups in total. The normalized spacial score (nSPS) is 9.43. The van der Waals surface area contributed by atoms with Crippen molar-refractivity contribution in [3.05, 3.63) is 107 Å². The summed E-state index contributed by atoms with van der Waals surface area (Å²) in [6.07, 6.45) is 5.52. The molecule has 6 rings (SSSR count). The minimum absolute atomic E-state index is 0.964. The van der Waals surface area contributed by atoms with Gasteiger partial charge in [0.05, 0.1) is 39.0 Å². The molecule has 6 heteroatoms. The van der Waals surface area contributed by atoms with E-state index in [9.17, 15) is 0 Å². The lowest BCUT2D eigenvalue weighted by Crippen LogP contribution is -1.87. The van der Waals surface area contributed by atoms with Crippen LogP contribution in [0.1, 0.15) is 75.2 Å². The van der Waals surface area contributed by atoms with E-state index in [2.05, 4.69) is 62.2 Å². The molecule has 0 aliphatic rings. The molecule has 0 unspecified atom stereocenters. The average Bonchev–Trinajstić information content (AvgIpc) is 3.01. The molecule has 0 fully saturated rings. The maximum absolute atomic E-state index is 4.35. The van der Waals surface area contributed by atoms with E-state index in [0.29, 0.717) is 0 Å². The lowest BCUT2D eigenvalue weighted by Gasteiger charge is -1.98. The molecule has 2 aromatic carbocycles. The van der Waals surface area contributed by atoms with Gasteiger partial charge >= 0.3 is 0 Å². The maximum atomic E-state index is 4.35. The van der Waals surface area contributed by atoms with Crippen LogP contribution in [0.15, 0.2) is 73.2 Å². The van der Waals surface area contributed by atoms with E-state index in [0.717, 1.165) is 55.5 Å². The van der Waals surface area contributed by atoms with Gasteiger partial charge in [-0.1, -0.05) is 59.7 Å². The molecule has 0 aliphatic carbocycles. The lowest BCUT2D eigenvalue weighted by molar-refractivity contribution is 1.02. The molecule has 0 spiro atoms. The van der Waals surface area contributed by atoms with Gasteiger partial charge in [-0.3, -0.25) is 15.0 Å². The van der Waals surface area contributed by atoms with Gasteiger partial charge < -0.3 is 0 Å². The number of aromatic nitrogens is 6. The standard InChI is InChI=1S/3C10H10N2.3C2H6/c1-7-3-9-10(11-5-7)4-8(2)6-12-9;1-7-3-4-9-10(5-7)11-6-8(2)12-9;1-7-3-4-9-6-8(2)11-12-10(9)5-7;3*1-2/h3*3-6H,1-2H3;3*1-2H3. The van der Waals surface area contributed by atoms with Crippen molar-refractivity contribution in [2.75, 3.05) is 0 Å². The van der Waals surface area contributed by atoms with Gasteiger partial charge in [0, 0.05) is 24.0 Å². The summed E-state index contributed by atoms with van der Waals surface area (Å²) in [4.78, 5) is 17.2. The van der Waals surface area contributed by atoms with Crippen LogP contribution in [0.5, 0.6) is 0 Å². The van der Waals surface area contributed by atoms with Gasteiger partial charge in [0.15, 0.2) is 0 Å². The van der Waals surface area contributed by atoms with E-state index >= 15 is 0 Å². The Labute approximate surface area is 252 Å². The first-order valence-electron chi connectivity index (χ1n) is 14.9. The summed E-state index contributed by atoms with van der Waals surface area (Å²) >= 11 is 0. The number of fused-ring (bicyclic) bond motifs is 3. The Balaban J connectivity index is 0.000000289. The second-order valence-corrected chi connectivity index (χ2v) is 9.12. The summed E-state index contributed by atoms with van der Waals surface area (Å²) in [5.74, 6) is 0. The highest BCUT2D eigenvalue weighted by Crippen LogP contribution is 2.13.